The normalized spacial score (nSPS) is 14.0. The third kappa shape index (κ3) is 3.58. The van der Waals surface area contributed by atoms with Crippen molar-refractivity contribution in [3.63, 3.8) is 0 Å². The molecule has 0 atom stereocenters. The molecular weight excluding hydrogens is 320 g/mol. The van der Waals surface area contributed by atoms with Gasteiger partial charge in [-0.3, -0.25) is 9.48 Å². The predicted molar refractivity (Wildman–Crippen MR) is 81.2 cm³/mol. The third-order valence-electron chi connectivity index (χ3n) is 3.76. The molecule has 8 heteroatoms. The van der Waals surface area contributed by atoms with Crippen LogP contribution in [0.25, 0.3) is 0 Å². The Morgan fingerprint density at radius 3 is 2.50 bits per heavy atom. The molecule has 1 aliphatic carbocycles. The standard InChI is InChI=1S/C16H15F2N3O3/c17-15(18)12-7-13(9-1-2-9)21(20-12)8-14(22)19-11-5-3-10(4-6-11)16(23)24/h3-7,9,15H,1-2,8H2,(H,19,22)(H,23,24). The number of aromatic nitrogens is 2. The highest BCUT2D eigenvalue weighted by molar-refractivity contribution is 5.92. The molecule has 6 nitrogen and oxygen atoms in total. The first-order valence-corrected chi connectivity index (χ1v) is 7.43. The van der Waals surface area contributed by atoms with E-state index in [1.807, 2.05) is 0 Å². The van der Waals surface area contributed by atoms with Gasteiger partial charge in [0, 0.05) is 17.3 Å². The number of aromatic carboxylic acids is 1. The Balaban J connectivity index is 1.69. The average Bonchev–Trinajstić information content (AvgIpc) is 3.28. The highest BCUT2D eigenvalue weighted by Gasteiger charge is 2.30. The second-order valence-corrected chi connectivity index (χ2v) is 5.66. The minimum atomic E-state index is -2.67. The number of hydrogen-bond acceptors (Lipinski definition) is 3. The molecule has 0 spiro atoms. The van der Waals surface area contributed by atoms with Crippen LogP contribution in [0.15, 0.2) is 30.3 Å². The van der Waals surface area contributed by atoms with Gasteiger partial charge in [0.05, 0.1) is 5.56 Å². The molecule has 1 fully saturated rings. The van der Waals surface area contributed by atoms with Gasteiger partial charge in [-0.2, -0.15) is 5.10 Å². The Morgan fingerprint density at radius 1 is 1.29 bits per heavy atom. The maximum Gasteiger partial charge on any atom is 0.335 e. The zero-order valence-corrected chi connectivity index (χ0v) is 12.6. The van der Waals surface area contributed by atoms with Gasteiger partial charge in [-0.15, -0.1) is 0 Å². The molecule has 2 aromatic rings. The number of halogens is 2. The lowest BCUT2D eigenvalue weighted by Crippen LogP contribution is -2.21. The SMILES string of the molecule is O=C(Cn1nc(C(F)F)cc1C1CC1)Nc1ccc(C(=O)O)cc1. The fraction of sp³-hybridized carbons (Fsp3) is 0.312. The van der Waals surface area contributed by atoms with E-state index in [1.165, 1.54) is 35.0 Å². The summed E-state index contributed by atoms with van der Waals surface area (Å²) in [6.45, 7) is -0.167. The summed E-state index contributed by atoms with van der Waals surface area (Å²) in [4.78, 5) is 22.9. The zero-order chi connectivity index (χ0) is 17.3. The van der Waals surface area contributed by atoms with E-state index in [9.17, 15) is 18.4 Å². The van der Waals surface area contributed by atoms with Crippen molar-refractivity contribution in [2.24, 2.45) is 0 Å². The van der Waals surface area contributed by atoms with Crippen LogP contribution >= 0.6 is 0 Å². The number of anilines is 1. The fourth-order valence-electron chi connectivity index (χ4n) is 2.43. The van der Waals surface area contributed by atoms with Crippen LogP contribution in [0.2, 0.25) is 0 Å². The molecule has 0 bridgehead atoms. The number of carbonyl (C=O) groups is 2. The van der Waals surface area contributed by atoms with Crippen molar-refractivity contribution in [2.45, 2.75) is 31.7 Å². The van der Waals surface area contributed by atoms with Gasteiger partial charge in [0.25, 0.3) is 6.43 Å². The summed E-state index contributed by atoms with van der Waals surface area (Å²) in [5.41, 5.74) is 0.870. The lowest BCUT2D eigenvalue weighted by Gasteiger charge is -2.08. The van der Waals surface area contributed by atoms with Crippen LogP contribution in [0.5, 0.6) is 0 Å². The number of alkyl halides is 2. The topological polar surface area (TPSA) is 84.2 Å². The summed E-state index contributed by atoms with van der Waals surface area (Å²) >= 11 is 0. The molecule has 0 aliphatic heterocycles. The van der Waals surface area contributed by atoms with Crippen LogP contribution < -0.4 is 5.32 Å². The first-order chi connectivity index (χ1) is 11.4. The second-order valence-electron chi connectivity index (χ2n) is 5.66. The highest BCUT2D eigenvalue weighted by Crippen LogP contribution is 2.41. The third-order valence-corrected chi connectivity index (χ3v) is 3.76. The first kappa shape index (κ1) is 16.1. The molecule has 1 aliphatic rings. The van der Waals surface area contributed by atoms with E-state index in [0.29, 0.717) is 11.4 Å². The summed E-state index contributed by atoms with van der Waals surface area (Å²) in [6, 6.07) is 7.04. The number of carboxylic acid groups (broad SMARTS) is 1. The van der Waals surface area contributed by atoms with Crippen molar-refractivity contribution < 1.29 is 23.5 Å². The van der Waals surface area contributed by atoms with Crippen LogP contribution in [-0.4, -0.2) is 26.8 Å². The Morgan fingerprint density at radius 2 is 1.96 bits per heavy atom. The predicted octanol–water partition coefficient (Wildman–Crippen LogP) is 3.04. The number of amides is 1. The quantitative estimate of drug-likeness (QED) is 0.850. The van der Waals surface area contributed by atoms with Gasteiger partial charge < -0.3 is 10.4 Å². The largest absolute Gasteiger partial charge is 0.478 e. The number of benzene rings is 1. The van der Waals surface area contributed by atoms with E-state index in [-0.39, 0.29) is 23.7 Å². The van der Waals surface area contributed by atoms with Gasteiger partial charge in [-0.05, 0) is 43.2 Å². The number of carbonyl (C=O) groups excluding carboxylic acids is 1. The minimum absolute atomic E-state index is 0.109. The molecule has 1 aromatic heterocycles. The Hall–Kier alpha value is -2.77. The van der Waals surface area contributed by atoms with Crippen molar-refractivity contribution in [1.29, 1.82) is 0 Å². The van der Waals surface area contributed by atoms with Gasteiger partial charge >= 0.3 is 5.97 Å². The van der Waals surface area contributed by atoms with Crippen molar-refractivity contribution in [2.75, 3.05) is 5.32 Å². The van der Waals surface area contributed by atoms with Crippen LogP contribution in [0, 0.1) is 0 Å². The Bertz CT molecular complexity index is 767. The Labute approximate surface area is 136 Å². The summed E-state index contributed by atoms with van der Waals surface area (Å²) in [7, 11) is 0. The van der Waals surface area contributed by atoms with Gasteiger partial charge in [0.1, 0.15) is 12.2 Å². The van der Waals surface area contributed by atoms with Crippen LogP contribution in [0.4, 0.5) is 14.5 Å². The van der Waals surface area contributed by atoms with E-state index >= 15 is 0 Å². The molecule has 3 rings (SSSR count). The van der Waals surface area contributed by atoms with E-state index in [0.717, 1.165) is 12.8 Å². The van der Waals surface area contributed by atoms with Crippen molar-refractivity contribution >= 4 is 17.6 Å². The number of nitrogens with zero attached hydrogens (tertiary/aromatic N) is 2. The molecule has 1 aromatic carbocycles. The lowest BCUT2D eigenvalue weighted by molar-refractivity contribution is -0.117. The summed E-state index contributed by atoms with van der Waals surface area (Å²) < 4.78 is 26.9. The molecule has 126 valence electrons. The summed E-state index contributed by atoms with van der Waals surface area (Å²) in [5.74, 6) is -1.28. The molecule has 1 amide bonds. The summed E-state index contributed by atoms with van der Waals surface area (Å²) in [5, 5.41) is 15.2. The average molecular weight is 335 g/mol. The monoisotopic (exact) mass is 335 g/mol. The number of nitrogens with one attached hydrogen (secondary N) is 1. The minimum Gasteiger partial charge on any atom is -0.478 e. The maximum atomic E-state index is 12.8. The molecule has 1 heterocycles. The smallest absolute Gasteiger partial charge is 0.335 e. The molecule has 1 saturated carbocycles. The number of hydrogen-bond donors (Lipinski definition) is 2. The maximum absolute atomic E-state index is 12.8. The molecule has 0 saturated heterocycles. The Kier molecular flexibility index (Phi) is 4.28. The zero-order valence-electron chi connectivity index (χ0n) is 12.6. The lowest BCUT2D eigenvalue weighted by atomic mass is 10.2. The van der Waals surface area contributed by atoms with E-state index in [4.69, 9.17) is 5.11 Å². The van der Waals surface area contributed by atoms with Crippen molar-refractivity contribution in [3.05, 3.63) is 47.3 Å². The van der Waals surface area contributed by atoms with Crippen LogP contribution in [-0.2, 0) is 11.3 Å². The van der Waals surface area contributed by atoms with Gasteiger partial charge in [-0.25, -0.2) is 13.6 Å². The fourth-order valence-corrected chi connectivity index (χ4v) is 2.43. The first-order valence-electron chi connectivity index (χ1n) is 7.43. The van der Waals surface area contributed by atoms with Gasteiger partial charge in [-0.1, -0.05) is 0 Å². The van der Waals surface area contributed by atoms with E-state index in [2.05, 4.69) is 10.4 Å². The molecular formula is C16H15F2N3O3. The van der Waals surface area contributed by atoms with Crippen molar-refractivity contribution in [1.82, 2.24) is 9.78 Å². The van der Waals surface area contributed by atoms with Gasteiger partial charge in [0.15, 0.2) is 0 Å². The van der Waals surface area contributed by atoms with E-state index < -0.39 is 18.3 Å². The van der Waals surface area contributed by atoms with Crippen molar-refractivity contribution in [3.8, 4) is 0 Å². The molecule has 0 unspecified atom stereocenters. The number of rotatable bonds is 6. The highest BCUT2D eigenvalue weighted by atomic mass is 19.3. The summed E-state index contributed by atoms with van der Waals surface area (Å²) in [6.07, 6.45) is -0.852. The molecule has 0 radical (unpaired) electrons. The molecule has 24 heavy (non-hydrogen) atoms. The van der Waals surface area contributed by atoms with Crippen LogP contribution in [0.1, 0.15) is 46.9 Å². The van der Waals surface area contributed by atoms with Gasteiger partial charge in [0.2, 0.25) is 5.91 Å². The molecule has 2 N–H and O–H groups in total. The van der Waals surface area contributed by atoms with E-state index in [1.54, 1.807) is 0 Å². The number of carboxylic acids is 1. The second kappa shape index (κ2) is 6.38. The van der Waals surface area contributed by atoms with Crippen LogP contribution in [0.3, 0.4) is 0 Å².